The van der Waals surface area contributed by atoms with E-state index < -0.39 is 12.6 Å². The number of hydrogen-bond acceptors (Lipinski definition) is 5. The van der Waals surface area contributed by atoms with Gasteiger partial charge in [0.05, 0.1) is 25.6 Å². The molecule has 2 aliphatic rings. The van der Waals surface area contributed by atoms with Crippen molar-refractivity contribution in [3.05, 3.63) is 47.1 Å². The van der Waals surface area contributed by atoms with E-state index in [0.29, 0.717) is 57.5 Å². The van der Waals surface area contributed by atoms with E-state index in [1.807, 2.05) is 13.8 Å². The third-order valence-electron chi connectivity index (χ3n) is 6.18. The summed E-state index contributed by atoms with van der Waals surface area (Å²) < 4.78 is 49.1. The molecule has 180 valence electrons. The Morgan fingerprint density at radius 2 is 1.76 bits per heavy atom. The van der Waals surface area contributed by atoms with E-state index in [2.05, 4.69) is 10.1 Å². The summed E-state index contributed by atoms with van der Waals surface area (Å²) in [5.41, 5.74) is 1.12. The van der Waals surface area contributed by atoms with Crippen molar-refractivity contribution in [1.82, 2.24) is 19.9 Å². The first-order valence-electron chi connectivity index (χ1n) is 11.3. The first-order chi connectivity index (χ1) is 15.7. The van der Waals surface area contributed by atoms with Gasteiger partial charge in [-0.2, -0.15) is 18.2 Å². The first-order valence-corrected chi connectivity index (χ1v) is 11.3. The van der Waals surface area contributed by atoms with Crippen molar-refractivity contribution in [3.63, 3.8) is 0 Å². The van der Waals surface area contributed by atoms with Crippen LogP contribution in [-0.4, -0.2) is 71.5 Å². The monoisotopic (exact) mass is 466 g/mol. The van der Waals surface area contributed by atoms with Crippen LogP contribution in [0.25, 0.3) is 0 Å². The van der Waals surface area contributed by atoms with Gasteiger partial charge in [-0.25, -0.2) is 4.79 Å². The average Bonchev–Trinajstić information content (AvgIpc) is 3.29. The van der Waals surface area contributed by atoms with Gasteiger partial charge in [-0.15, -0.1) is 0 Å². The van der Waals surface area contributed by atoms with Gasteiger partial charge >= 0.3 is 12.2 Å². The standard InChI is InChI=1S/C23H29F3N4O3/c1-15(2)20-27-21(33-28-20)19-11-18(17-5-3-16(4-6-17)12-23(24,25)26)13-30(14-19)22(31)29-7-9-32-10-8-29/h3-6,15,18-19H,7-14H2,1-2H3. The number of ether oxygens (including phenoxy) is 1. The van der Waals surface area contributed by atoms with Crippen LogP contribution in [0.2, 0.25) is 0 Å². The quantitative estimate of drug-likeness (QED) is 0.671. The number of morpholine rings is 1. The number of nitrogens with zero attached hydrogens (tertiary/aromatic N) is 4. The number of aromatic nitrogens is 2. The highest BCUT2D eigenvalue weighted by molar-refractivity contribution is 5.75. The molecule has 0 bridgehead atoms. The van der Waals surface area contributed by atoms with E-state index in [0.717, 1.165) is 5.56 Å². The Kier molecular flexibility index (Phi) is 6.92. The highest BCUT2D eigenvalue weighted by atomic mass is 19.4. The molecule has 0 radical (unpaired) electrons. The number of piperidine rings is 1. The van der Waals surface area contributed by atoms with E-state index in [1.165, 1.54) is 12.1 Å². The van der Waals surface area contributed by atoms with Crippen LogP contribution in [-0.2, 0) is 11.2 Å². The molecule has 0 saturated carbocycles. The summed E-state index contributed by atoms with van der Waals surface area (Å²) in [7, 11) is 0. The van der Waals surface area contributed by atoms with E-state index in [4.69, 9.17) is 9.26 Å². The third kappa shape index (κ3) is 5.85. The second kappa shape index (κ2) is 9.70. The van der Waals surface area contributed by atoms with Crippen molar-refractivity contribution < 1.29 is 27.2 Å². The SMILES string of the molecule is CC(C)c1noc(C2CC(c3ccc(CC(F)(F)F)cc3)CN(C(=O)N3CCOCC3)C2)n1. The van der Waals surface area contributed by atoms with Crippen molar-refractivity contribution in [2.45, 2.75) is 50.6 Å². The Morgan fingerprint density at radius 3 is 2.36 bits per heavy atom. The van der Waals surface area contributed by atoms with Crippen molar-refractivity contribution >= 4 is 6.03 Å². The minimum Gasteiger partial charge on any atom is -0.378 e. The summed E-state index contributed by atoms with van der Waals surface area (Å²) in [5, 5.41) is 4.07. The van der Waals surface area contributed by atoms with Gasteiger partial charge in [0.2, 0.25) is 5.89 Å². The lowest BCUT2D eigenvalue weighted by Gasteiger charge is -2.40. The molecule has 0 aliphatic carbocycles. The second-order valence-corrected chi connectivity index (χ2v) is 9.10. The minimum absolute atomic E-state index is 0.0527. The lowest BCUT2D eigenvalue weighted by molar-refractivity contribution is -0.127. The van der Waals surface area contributed by atoms with Crippen LogP contribution in [0.15, 0.2) is 28.8 Å². The highest BCUT2D eigenvalue weighted by Crippen LogP contribution is 2.36. The Morgan fingerprint density at radius 1 is 1.09 bits per heavy atom. The molecule has 7 nitrogen and oxygen atoms in total. The molecule has 1 aromatic heterocycles. The first kappa shape index (κ1) is 23.5. The van der Waals surface area contributed by atoms with Gasteiger partial charge in [-0.05, 0) is 17.5 Å². The molecule has 2 aliphatic heterocycles. The van der Waals surface area contributed by atoms with Crippen molar-refractivity contribution in [1.29, 1.82) is 0 Å². The van der Waals surface area contributed by atoms with Crippen LogP contribution >= 0.6 is 0 Å². The van der Waals surface area contributed by atoms with E-state index in [9.17, 15) is 18.0 Å². The van der Waals surface area contributed by atoms with Crippen LogP contribution < -0.4 is 0 Å². The van der Waals surface area contributed by atoms with Crippen molar-refractivity contribution in [2.24, 2.45) is 0 Å². The maximum atomic E-state index is 13.2. The predicted molar refractivity (Wildman–Crippen MR) is 114 cm³/mol. The van der Waals surface area contributed by atoms with E-state index >= 15 is 0 Å². The van der Waals surface area contributed by atoms with E-state index in [1.54, 1.807) is 21.9 Å². The zero-order valence-corrected chi connectivity index (χ0v) is 18.8. The molecule has 2 saturated heterocycles. The molecule has 2 unspecified atom stereocenters. The Balaban J connectivity index is 1.56. The zero-order chi connectivity index (χ0) is 23.6. The van der Waals surface area contributed by atoms with Crippen LogP contribution in [0.4, 0.5) is 18.0 Å². The molecule has 33 heavy (non-hydrogen) atoms. The molecule has 4 rings (SSSR count). The van der Waals surface area contributed by atoms with Gasteiger partial charge in [0.1, 0.15) is 0 Å². The minimum atomic E-state index is -4.25. The fourth-order valence-electron chi connectivity index (χ4n) is 4.42. The lowest BCUT2D eigenvalue weighted by Crippen LogP contribution is -2.52. The number of urea groups is 1. The molecule has 2 aromatic rings. The summed E-state index contributed by atoms with van der Waals surface area (Å²) in [6, 6.07) is 6.44. The number of carbonyl (C=O) groups is 1. The number of benzene rings is 1. The average molecular weight is 467 g/mol. The molecule has 0 spiro atoms. The van der Waals surface area contributed by atoms with Gasteiger partial charge in [0.15, 0.2) is 5.82 Å². The fraction of sp³-hybridized carbons (Fsp3) is 0.609. The predicted octanol–water partition coefficient (Wildman–Crippen LogP) is 4.32. The van der Waals surface area contributed by atoms with Gasteiger partial charge in [0.25, 0.3) is 0 Å². The maximum absolute atomic E-state index is 13.2. The number of rotatable bonds is 4. The molecule has 2 atom stereocenters. The molecule has 2 amide bonds. The largest absolute Gasteiger partial charge is 0.393 e. The second-order valence-electron chi connectivity index (χ2n) is 9.10. The Labute approximate surface area is 190 Å². The molecule has 1 aromatic carbocycles. The molecule has 0 N–H and O–H groups in total. The summed E-state index contributed by atoms with van der Waals surface area (Å²) in [4.78, 5) is 21.4. The zero-order valence-electron chi connectivity index (χ0n) is 18.8. The number of amides is 2. The normalized spacial score (nSPS) is 22.1. The summed E-state index contributed by atoms with van der Waals surface area (Å²) in [5.74, 6) is 1.03. The van der Waals surface area contributed by atoms with Crippen LogP contribution in [0.3, 0.4) is 0 Å². The number of halogens is 3. The highest BCUT2D eigenvalue weighted by Gasteiger charge is 2.36. The number of alkyl halides is 3. The topological polar surface area (TPSA) is 71.7 Å². The molecular weight excluding hydrogens is 437 g/mol. The molecular formula is C23H29F3N4O3. The maximum Gasteiger partial charge on any atom is 0.393 e. The van der Waals surface area contributed by atoms with Crippen molar-refractivity contribution in [3.8, 4) is 0 Å². The number of hydrogen-bond donors (Lipinski definition) is 0. The Bertz CT molecular complexity index is 939. The van der Waals surface area contributed by atoms with Gasteiger partial charge in [0, 0.05) is 38.0 Å². The van der Waals surface area contributed by atoms with Crippen molar-refractivity contribution in [2.75, 3.05) is 39.4 Å². The fourth-order valence-corrected chi connectivity index (χ4v) is 4.42. The third-order valence-corrected chi connectivity index (χ3v) is 6.18. The molecule has 2 fully saturated rings. The number of likely N-dealkylation sites (tertiary alicyclic amines) is 1. The smallest absolute Gasteiger partial charge is 0.378 e. The lowest BCUT2D eigenvalue weighted by atomic mass is 9.84. The van der Waals surface area contributed by atoms with Crippen LogP contribution in [0.5, 0.6) is 0 Å². The Hall–Kier alpha value is -2.62. The van der Waals surface area contributed by atoms with Gasteiger partial charge in [-0.3, -0.25) is 0 Å². The van der Waals surface area contributed by atoms with Gasteiger partial charge < -0.3 is 19.1 Å². The van der Waals surface area contributed by atoms with Crippen LogP contribution in [0.1, 0.15) is 60.9 Å². The number of carbonyl (C=O) groups excluding carboxylic acids is 1. The van der Waals surface area contributed by atoms with Gasteiger partial charge in [-0.1, -0.05) is 43.3 Å². The van der Waals surface area contributed by atoms with Crippen LogP contribution in [0, 0.1) is 0 Å². The van der Waals surface area contributed by atoms with E-state index in [-0.39, 0.29) is 29.3 Å². The molecule has 10 heteroatoms. The summed E-state index contributed by atoms with van der Waals surface area (Å²) in [6.45, 7) is 6.99. The molecule has 3 heterocycles. The summed E-state index contributed by atoms with van der Waals surface area (Å²) >= 11 is 0. The summed E-state index contributed by atoms with van der Waals surface area (Å²) in [6.07, 6.45) is -4.53.